The van der Waals surface area contributed by atoms with Gasteiger partial charge in [-0.15, -0.1) is 0 Å². The van der Waals surface area contributed by atoms with Crippen LogP contribution in [0.5, 0.6) is 0 Å². The molecular formula is C30H34N4O5. The summed E-state index contributed by atoms with van der Waals surface area (Å²) in [4.78, 5) is 53.4. The molecular weight excluding hydrogens is 496 g/mol. The molecule has 0 aromatic heterocycles. The molecule has 0 saturated heterocycles. The van der Waals surface area contributed by atoms with E-state index in [4.69, 9.17) is 4.74 Å². The van der Waals surface area contributed by atoms with Gasteiger partial charge >= 0.3 is 6.09 Å². The Morgan fingerprint density at radius 1 is 0.744 bits per heavy atom. The zero-order valence-corrected chi connectivity index (χ0v) is 22.8. The highest BCUT2D eigenvalue weighted by Gasteiger charge is 2.38. The first-order chi connectivity index (χ1) is 18.4. The molecule has 0 aliphatic rings. The highest BCUT2D eigenvalue weighted by Crippen LogP contribution is 2.20. The first-order valence-electron chi connectivity index (χ1n) is 12.5. The van der Waals surface area contributed by atoms with Gasteiger partial charge in [-0.1, -0.05) is 60.7 Å². The van der Waals surface area contributed by atoms with E-state index in [9.17, 15) is 19.2 Å². The van der Waals surface area contributed by atoms with Gasteiger partial charge < -0.3 is 20.3 Å². The Balaban J connectivity index is 1.65. The van der Waals surface area contributed by atoms with E-state index in [0.717, 1.165) is 5.56 Å². The third-order valence-corrected chi connectivity index (χ3v) is 6.02. The number of ether oxygens (including phenoxy) is 1. The summed E-state index contributed by atoms with van der Waals surface area (Å²) in [5, 5.41) is 8.03. The fourth-order valence-electron chi connectivity index (χ4n) is 3.75. The molecule has 0 unspecified atom stereocenters. The standard InChI is InChI=1S/C30H34N4O5/c1-29(2,26(36)33-30(3,4)27(37)34(5)22-16-10-7-11-17-22)32-25(35)23-18-12-13-19-24(23)31-28(38)39-20-21-14-8-6-9-15-21/h6-19H,20H2,1-5H3,(H,31,38)(H,32,35)(H,33,36). The number of amides is 4. The molecule has 0 bridgehead atoms. The first-order valence-corrected chi connectivity index (χ1v) is 12.5. The number of carbonyl (C=O) groups is 4. The van der Waals surface area contributed by atoms with Crippen LogP contribution in [-0.2, 0) is 20.9 Å². The lowest BCUT2D eigenvalue weighted by Gasteiger charge is -2.34. The number of para-hydroxylation sites is 2. The minimum Gasteiger partial charge on any atom is -0.444 e. The lowest BCUT2D eigenvalue weighted by Crippen LogP contribution is -2.63. The number of hydrogen-bond donors (Lipinski definition) is 3. The number of nitrogens with zero attached hydrogens (tertiary/aromatic N) is 1. The number of rotatable bonds is 9. The Kier molecular flexibility index (Phi) is 9.08. The highest BCUT2D eigenvalue weighted by atomic mass is 16.5. The highest BCUT2D eigenvalue weighted by molar-refractivity contribution is 6.06. The molecule has 0 spiro atoms. The second kappa shape index (κ2) is 12.3. The van der Waals surface area contributed by atoms with Crippen molar-refractivity contribution >= 4 is 35.2 Å². The van der Waals surface area contributed by atoms with Gasteiger partial charge in [0, 0.05) is 12.7 Å². The van der Waals surface area contributed by atoms with Crippen molar-refractivity contribution in [2.75, 3.05) is 17.3 Å². The largest absolute Gasteiger partial charge is 0.444 e. The molecule has 0 saturated carbocycles. The molecule has 3 N–H and O–H groups in total. The smallest absolute Gasteiger partial charge is 0.411 e. The summed E-state index contributed by atoms with van der Waals surface area (Å²) in [5.41, 5.74) is -0.767. The molecule has 9 nitrogen and oxygen atoms in total. The molecule has 3 aromatic rings. The van der Waals surface area contributed by atoms with Crippen LogP contribution >= 0.6 is 0 Å². The van der Waals surface area contributed by atoms with E-state index in [1.54, 1.807) is 51.2 Å². The van der Waals surface area contributed by atoms with E-state index < -0.39 is 29.0 Å². The second-order valence-corrected chi connectivity index (χ2v) is 10.1. The van der Waals surface area contributed by atoms with Gasteiger partial charge in [0.15, 0.2) is 0 Å². The van der Waals surface area contributed by atoms with Crippen LogP contribution in [0.15, 0.2) is 84.9 Å². The fourth-order valence-corrected chi connectivity index (χ4v) is 3.75. The fraction of sp³-hybridized carbons (Fsp3) is 0.267. The average molecular weight is 531 g/mol. The van der Waals surface area contributed by atoms with Crippen LogP contribution in [0.1, 0.15) is 43.6 Å². The van der Waals surface area contributed by atoms with E-state index in [2.05, 4.69) is 16.0 Å². The number of carbonyl (C=O) groups excluding carboxylic acids is 4. The van der Waals surface area contributed by atoms with Gasteiger partial charge in [-0.2, -0.15) is 0 Å². The minimum absolute atomic E-state index is 0.0716. The van der Waals surface area contributed by atoms with Gasteiger partial charge in [-0.3, -0.25) is 19.7 Å². The lowest BCUT2D eigenvalue weighted by atomic mass is 9.97. The van der Waals surface area contributed by atoms with Crippen LogP contribution in [0.4, 0.5) is 16.2 Å². The average Bonchev–Trinajstić information content (AvgIpc) is 2.92. The molecule has 204 valence electrons. The molecule has 0 aliphatic heterocycles. The Bertz CT molecular complexity index is 1320. The number of benzene rings is 3. The SMILES string of the molecule is CN(C(=O)C(C)(C)NC(=O)C(C)(C)NC(=O)c1ccccc1NC(=O)OCc1ccccc1)c1ccccc1. The van der Waals surface area contributed by atoms with Crippen molar-refractivity contribution in [3.05, 3.63) is 96.1 Å². The van der Waals surface area contributed by atoms with Gasteiger partial charge in [-0.05, 0) is 57.5 Å². The van der Waals surface area contributed by atoms with E-state index in [1.807, 2.05) is 48.5 Å². The van der Waals surface area contributed by atoms with Crippen molar-refractivity contribution in [1.82, 2.24) is 10.6 Å². The van der Waals surface area contributed by atoms with Gasteiger partial charge in [-0.25, -0.2) is 4.79 Å². The Hall–Kier alpha value is -4.66. The van der Waals surface area contributed by atoms with Gasteiger partial charge in [0.2, 0.25) is 5.91 Å². The minimum atomic E-state index is -1.39. The summed E-state index contributed by atoms with van der Waals surface area (Å²) in [6.45, 7) is 6.34. The monoisotopic (exact) mass is 530 g/mol. The molecule has 39 heavy (non-hydrogen) atoms. The van der Waals surface area contributed by atoms with Crippen LogP contribution in [0, 0.1) is 0 Å². The topological polar surface area (TPSA) is 117 Å². The Labute approximate surface area is 228 Å². The molecule has 0 fully saturated rings. The van der Waals surface area contributed by atoms with Crippen molar-refractivity contribution in [3.8, 4) is 0 Å². The molecule has 3 rings (SSSR count). The van der Waals surface area contributed by atoms with Gasteiger partial charge in [0.05, 0.1) is 11.3 Å². The van der Waals surface area contributed by atoms with Crippen LogP contribution in [0.25, 0.3) is 0 Å². The predicted molar refractivity (Wildman–Crippen MR) is 150 cm³/mol. The van der Waals surface area contributed by atoms with Crippen molar-refractivity contribution < 1.29 is 23.9 Å². The first kappa shape index (κ1) is 28.9. The molecule has 3 aromatic carbocycles. The maximum Gasteiger partial charge on any atom is 0.411 e. The van der Waals surface area contributed by atoms with E-state index in [-0.39, 0.29) is 23.8 Å². The summed E-state index contributed by atoms with van der Waals surface area (Å²) < 4.78 is 5.25. The third-order valence-electron chi connectivity index (χ3n) is 6.02. The maximum absolute atomic E-state index is 13.2. The van der Waals surface area contributed by atoms with E-state index >= 15 is 0 Å². The predicted octanol–water partition coefficient (Wildman–Crippen LogP) is 4.50. The van der Waals surface area contributed by atoms with Crippen molar-refractivity contribution in [2.24, 2.45) is 0 Å². The summed E-state index contributed by atoms with van der Waals surface area (Å²) >= 11 is 0. The van der Waals surface area contributed by atoms with Crippen molar-refractivity contribution in [1.29, 1.82) is 0 Å². The van der Waals surface area contributed by atoms with Crippen LogP contribution in [0.2, 0.25) is 0 Å². The summed E-state index contributed by atoms with van der Waals surface area (Å²) in [6.07, 6.45) is -0.723. The quantitative estimate of drug-likeness (QED) is 0.377. The van der Waals surface area contributed by atoms with Crippen LogP contribution in [0.3, 0.4) is 0 Å². The molecule has 9 heteroatoms. The third kappa shape index (κ3) is 7.67. The van der Waals surface area contributed by atoms with E-state index in [1.165, 1.54) is 24.8 Å². The number of anilines is 2. The molecule has 0 radical (unpaired) electrons. The Morgan fingerprint density at radius 2 is 1.31 bits per heavy atom. The van der Waals surface area contributed by atoms with Crippen molar-refractivity contribution in [3.63, 3.8) is 0 Å². The zero-order chi connectivity index (χ0) is 28.6. The summed E-state index contributed by atoms with van der Waals surface area (Å²) in [7, 11) is 1.63. The molecule has 0 atom stereocenters. The molecule has 4 amide bonds. The Morgan fingerprint density at radius 3 is 1.95 bits per heavy atom. The van der Waals surface area contributed by atoms with Crippen molar-refractivity contribution in [2.45, 2.75) is 45.4 Å². The van der Waals surface area contributed by atoms with E-state index in [0.29, 0.717) is 5.69 Å². The number of likely N-dealkylation sites (N-methyl/N-ethyl adjacent to an activating group) is 1. The number of nitrogens with one attached hydrogen (secondary N) is 3. The second-order valence-electron chi connectivity index (χ2n) is 10.1. The normalized spacial score (nSPS) is 11.2. The van der Waals surface area contributed by atoms with Gasteiger partial charge in [0.1, 0.15) is 17.7 Å². The zero-order valence-electron chi connectivity index (χ0n) is 22.8. The number of hydrogen-bond acceptors (Lipinski definition) is 5. The molecule has 0 aliphatic carbocycles. The summed E-state index contributed by atoms with van der Waals surface area (Å²) in [5.74, 6) is -1.46. The maximum atomic E-state index is 13.2. The van der Waals surface area contributed by atoms with Crippen LogP contribution in [-0.4, -0.2) is 41.9 Å². The molecule has 0 heterocycles. The summed E-state index contributed by atoms with van der Waals surface area (Å²) in [6, 6.07) is 24.7. The van der Waals surface area contributed by atoms with Gasteiger partial charge in [0.25, 0.3) is 11.8 Å². The van der Waals surface area contributed by atoms with Crippen LogP contribution < -0.4 is 20.9 Å². The lowest BCUT2D eigenvalue weighted by molar-refractivity contribution is -0.133.